The van der Waals surface area contributed by atoms with Crippen molar-refractivity contribution < 1.29 is 8.42 Å². The number of pyridine rings is 1. The molecule has 0 spiro atoms. The number of hydrogen-bond acceptors (Lipinski definition) is 3. The second-order valence-corrected chi connectivity index (χ2v) is 6.65. The largest absolute Gasteiger partial charge is 0.288 e. The van der Waals surface area contributed by atoms with E-state index in [1.165, 1.54) is 4.40 Å². The lowest BCUT2D eigenvalue weighted by atomic mass is 10.5. The molecule has 16 heavy (non-hydrogen) atoms. The Morgan fingerprint density at radius 3 is 2.81 bits per heavy atom. The third kappa shape index (κ3) is 1.85. The van der Waals surface area contributed by atoms with Gasteiger partial charge in [0.15, 0.2) is 20.0 Å². The van der Waals surface area contributed by atoms with Gasteiger partial charge in [0.05, 0.1) is 5.75 Å². The van der Waals surface area contributed by atoms with E-state index in [1.807, 2.05) is 0 Å². The maximum atomic E-state index is 11.8. The number of nitrogens with zero attached hydrogens (tertiary/aromatic N) is 2. The fourth-order valence-corrected chi connectivity index (χ4v) is 3.27. The fourth-order valence-electron chi connectivity index (χ4n) is 1.38. The molecule has 7 heteroatoms. The van der Waals surface area contributed by atoms with E-state index in [2.05, 4.69) is 20.9 Å². The minimum absolute atomic E-state index is 0.00692. The van der Waals surface area contributed by atoms with Crippen LogP contribution in [0.3, 0.4) is 0 Å². The van der Waals surface area contributed by atoms with Crippen molar-refractivity contribution in [3.05, 3.63) is 28.0 Å². The number of imidazole rings is 1. The highest BCUT2D eigenvalue weighted by molar-refractivity contribution is 9.10. The van der Waals surface area contributed by atoms with Gasteiger partial charge in [-0.1, -0.05) is 18.5 Å². The van der Waals surface area contributed by atoms with Crippen LogP contribution in [0.1, 0.15) is 6.92 Å². The van der Waals surface area contributed by atoms with Gasteiger partial charge in [-0.05, 0) is 28.1 Å². The van der Waals surface area contributed by atoms with E-state index in [0.717, 1.165) is 4.47 Å². The fraction of sp³-hybridized carbons (Fsp3) is 0.222. The van der Waals surface area contributed by atoms with Crippen LogP contribution in [0.25, 0.3) is 5.65 Å². The first-order valence-corrected chi connectivity index (χ1v) is 7.34. The second kappa shape index (κ2) is 4.01. The molecule has 2 aromatic rings. The molecule has 0 saturated heterocycles. The molecule has 2 aromatic heterocycles. The van der Waals surface area contributed by atoms with E-state index in [0.29, 0.717) is 5.65 Å². The van der Waals surface area contributed by atoms with Crippen molar-refractivity contribution in [2.45, 2.75) is 11.9 Å². The summed E-state index contributed by atoms with van der Waals surface area (Å²) in [4.78, 5) is 4.00. The molecule has 0 saturated carbocycles. The Hall–Kier alpha value is -0.590. The molecule has 0 atom stereocenters. The predicted octanol–water partition coefficient (Wildman–Crippen LogP) is 2.54. The molecule has 0 radical (unpaired) electrons. The molecule has 0 aromatic carbocycles. The van der Waals surface area contributed by atoms with Gasteiger partial charge < -0.3 is 0 Å². The second-order valence-electron chi connectivity index (χ2n) is 3.19. The summed E-state index contributed by atoms with van der Waals surface area (Å²) in [7, 11) is -3.38. The van der Waals surface area contributed by atoms with Crippen LogP contribution in [-0.2, 0) is 9.84 Å². The van der Waals surface area contributed by atoms with Crippen molar-refractivity contribution in [2.75, 3.05) is 5.75 Å². The van der Waals surface area contributed by atoms with Gasteiger partial charge in [-0.15, -0.1) is 0 Å². The maximum Gasteiger partial charge on any atom is 0.197 e. The van der Waals surface area contributed by atoms with Crippen molar-refractivity contribution in [1.29, 1.82) is 0 Å². The highest BCUT2D eigenvalue weighted by Crippen LogP contribution is 2.25. The predicted molar refractivity (Wildman–Crippen MR) is 65.6 cm³/mol. The number of aromatic nitrogens is 2. The lowest BCUT2D eigenvalue weighted by molar-refractivity contribution is 0.592. The molecule has 0 amide bonds. The van der Waals surface area contributed by atoms with E-state index >= 15 is 0 Å². The van der Waals surface area contributed by atoms with Crippen molar-refractivity contribution in [1.82, 2.24) is 9.38 Å². The van der Waals surface area contributed by atoms with Gasteiger partial charge in [0, 0.05) is 10.7 Å². The number of hydrogen-bond donors (Lipinski definition) is 0. The quantitative estimate of drug-likeness (QED) is 0.853. The topological polar surface area (TPSA) is 51.4 Å². The first-order chi connectivity index (χ1) is 7.45. The van der Waals surface area contributed by atoms with E-state index in [1.54, 1.807) is 25.3 Å². The average molecular weight is 324 g/mol. The Morgan fingerprint density at radius 2 is 2.19 bits per heavy atom. The molecule has 0 fully saturated rings. The van der Waals surface area contributed by atoms with Crippen LogP contribution in [0.5, 0.6) is 0 Å². The standard InChI is InChI=1S/C9H8BrClN2O2S/c1-2-16(14,15)9-8(11)12-7-4-3-6(10)5-13(7)9/h3-5H,2H2,1H3. The summed E-state index contributed by atoms with van der Waals surface area (Å²) < 4.78 is 25.9. The zero-order chi connectivity index (χ0) is 11.9. The van der Waals surface area contributed by atoms with Crippen molar-refractivity contribution >= 4 is 43.0 Å². The summed E-state index contributed by atoms with van der Waals surface area (Å²) >= 11 is 9.13. The maximum absolute atomic E-state index is 11.8. The molecule has 0 aliphatic heterocycles. The van der Waals surface area contributed by atoms with E-state index in [4.69, 9.17) is 11.6 Å². The zero-order valence-electron chi connectivity index (χ0n) is 8.31. The first-order valence-electron chi connectivity index (χ1n) is 4.51. The van der Waals surface area contributed by atoms with Crippen LogP contribution in [0.2, 0.25) is 5.15 Å². The van der Waals surface area contributed by atoms with Crippen LogP contribution in [0.15, 0.2) is 27.8 Å². The summed E-state index contributed by atoms with van der Waals surface area (Å²) in [5.74, 6) is -0.00692. The minimum atomic E-state index is -3.38. The lowest BCUT2D eigenvalue weighted by Gasteiger charge is -2.02. The molecule has 0 aliphatic carbocycles. The van der Waals surface area contributed by atoms with Gasteiger partial charge in [0.2, 0.25) is 0 Å². The van der Waals surface area contributed by atoms with E-state index in [9.17, 15) is 8.42 Å². The first kappa shape index (κ1) is 11.9. The van der Waals surface area contributed by atoms with Crippen molar-refractivity contribution in [3.8, 4) is 0 Å². The van der Waals surface area contributed by atoms with Crippen LogP contribution in [0.4, 0.5) is 0 Å². The highest BCUT2D eigenvalue weighted by atomic mass is 79.9. The smallest absolute Gasteiger partial charge is 0.197 e. The Labute approximate surface area is 106 Å². The molecule has 2 rings (SSSR count). The Morgan fingerprint density at radius 1 is 1.50 bits per heavy atom. The molecular formula is C9H8BrClN2O2S. The number of fused-ring (bicyclic) bond motifs is 1. The summed E-state index contributed by atoms with van der Waals surface area (Å²) in [6, 6.07) is 3.48. The monoisotopic (exact) mass is 322 g/mol. The van der Waals surface area contributed by atoms with Gasteiger partial charge in [-0.2, -0.15) is 0 Å². The molecule has 2 heterocycles. The SMILES string of the molecule is CCS(=O)(=O)c1c(Cl)nc2ccc(Br)cn12. The molecule has 0 bridgehead atoms. The minimum Gasteiger partial charge on any atom is -0.288 e. The Balaban J connectivity index is 2.88. The van der Waals surface area contributed by atoms with Gasteiger partial charge in [-0.25, -0.2) is 13.4 Å². The Bertz CT molecular complexity index is 651. The lowest BCUT2D eigenvalue weighted by Crippen LogP contribution is -2.07. The molecule has 86 valence electrons. The molecule has 4 nitrogen and oxygen atoms in total. The third-order valence-corrected chi connectivity index (χ3v) is 4.76. The van der Waals surface area contributed by atoms with E-state index < -0.39 is 9.84 Å². The van der Waals surface area contributed by atoms with Crippen molar-refractivity contribution in [2.24, 2.45) is 0 Å². The zero-order valence-corrected chi connectivity index (χ0v) is 11.5. The molecular weight excluding hydrogens is 316 g/mol. The van der Waals surface area contributed by atoms with Crippen LogP contribution >= 0.6 is 27.5 Å². The van der Waals surface area contributed by atoms with Crippen molar-refractivity contribution in [3.63, 3.8) is 0 Å². The summed E-state index contributed by atoms with van der Waals surface area (Å²) in [6.45, 7) is 1.57. The average Bonchev–Trinajstić information content (AvgIpc) is 2.54. The van der Waals surface area contributed by atoms with Crippen LogP contribution < -0.4 is 0 Å². The van der Waals surface area contributed by atoms with Gasteiger partial charge in [-0.3, -0.25) is 4.40 Å². The normalized spacial score (nSPS) is 12.2. The Kier molecular flexibility index (Phi) is 2.98. The number of rotatable bonds is 2. The highest BCUT2D eigenvalue weighted by Gasteiger charge is 2.22. The van der Waals surface area contributed by atoms with Crippen LogP contribution in [-0.4, -0.2) is 23.6 Å². The van der Waals surface area contributed by atoms with Gasteiger partial charge >= 0.3 is 0 Å². The summed E-state index contributed by atoms with van der Waals surface area (Å²) in [5.41, 5.74) is 0.514. The van der Waals surface area contributed by atoms with Crippen LogP contribution in [0, 0.1) is 0 Å². The van der Waals surface area contributed by atoms with E-state index in [-0.39, 0.29) is 15.9 Å². The summed E-state index contributed by atoms with van der Waals surface area (Å²) in [6.07, 6.45) is 1.64. The summed E-state index contributed by atoms with van der Waals surface area (Å²) in [5, 5.41) is 0.0629. The molecule has 0 aliphatic rings. The van der Waals surface area contributed by atoms with Gasteiger partial charge in [0.1, 0.15) is 5.65 Å². The number of halogens is 2. The van der Waals surface area contributed by atoms with Gasteiger partial charge in [0.25, 0.3) is 0 Å². The number of sulfone groups is 1. The molecule has 0 N–H and O–H groups in total. The molecule has 0 unspecified atom stereocenters. The third-order valence-electron chi connectivity index (χ3n) is 2.17.